The highest BCUT2D eigenvalue weighted by Gasteiger charge is 2.32. The van der Waals surface area contributed by atoms with Crippen molar-refractivity contribution in [2.24, 2.45) is 0 Å². The zero-order valence-electron chi connectivity index (χ0n) is 12.1. The third kappa shape index (κ3) is 3.93. The molecule has 0 radical (unpaired) electrons. The van der Waals surface area contributed by atoms with E-state index in [2.05, 4.69) is 10.3 Å². The van der Waals surface area contributed by atoms with Crippen LogP contribution in [-0.2, 0) is 17.3 Å². The minimum Gasteiger partial charge on any atom is -0.323 e. The van der Waals surface area contributed by atoms with Crippen molar-refractivity contribution in [2.75, 3.05) is 0 Å². The van der Waals surface area contributed by atoms with E-state index in [1.807, 2.05) is 4.98 Å². The molecule has 12 heteroatoms. The van der Waals surface area contributed by atoms with E-state index in [0.717, 1.165) is 6.07 Å². The minimum absolute atomic E-state index is 0.0574. The van der Waals surface area contributed by atoms with Gasteiger partial charge in [-0.2, -0.15) is 13.2 Å². The van der Waals surface area contributed by atoms with Crippen LogP contribution in [0.3, 0.4) is 0 Å². The molecule has 0 aliphatic rings. The van der Waals surface area contributed by atoms with E-state index >= 15 is 0 Å². The van der Waals surface area contributed by atoms with Crippen LogP contribution < -0.4 is 16.4 Å². The SMILES string of the molecule is C[C@H](NCc1cc(C(F)(F)F)cc2[nH]c(=O)c(=O)[nH]c12)P(=O)(O)O. The quantitative estimate of drug-likeness (QED) is 0.402. The number of aromatic nitrogens is 2. The molecule has 24 heavy (non-hydrogen) atoms. The van der Waals surface area contributed by atoms with Crippen molar-refractivity contribution in [3.05, 3.63) is 44.0 Å². The van der Waals surface area contributed by atoms with E-state index in [-0.39, 0.29) is 23.1 Å². The zero-order chi connectivity index (χ0) is 18.3. The number of halogens is 3. The predicted octanol–water partition coefficient (Wildman–Crippen LogP) is 0.848. The van der Waals surface area contributed by atoms with E-state index in [9.17, 15) is 27.3 Å². The number of alkyl halides is 3. The van der Waals surface area contributed by atoms with E-state index in [1.165, 1.54) is 6.92 Å². The lowest BCUT2D eigenvalue weighted by molar-refractivity contribution is -0.137. The summed E-state index contributed by atoms with van der Waals surface area (Å²) >= 11 is 0. The third-order valence-electron chi connectivity index (χ3n) is 3.33. The monoisotopic (exact) mass is 367 g/mol. The number of rotatable bonds is 4. The van der Waals surface area contributed by atoms with E-state index in [4.69, 9.17) is 9.79 Å². The second-order valence-corrected chi connectivity index (χ2v) is 7.06. The highest BCUT2D eigenvalue weighted by molar-refractivity contribution is 7.52. The second-order valence-electron chi connectivity index (χ2n) is 5.11. The fraction of sp³-hybridized carbons (Fsp3) is 0.333. The molecule has 1 atom stereocenters. The lowest BCUT2D eigenvalue weighted by Crippen LogP contribution is -2.30. The third-order valence-corrected chi connectivity index (χ3v) is 4.52. The van der Waals surface area contributed by atoms with Crippen LogP contribution in [0.1, 0.15) is 18.1 Å². The lowest BCUT2D eigenvalue weighted by atomic mass is 10.1. The molecule has 0 aliphatic heterocycles. The maximum Gasteiger partial charge on any atom is 0.416 e. The largest absolute Gasteiger partial charge is 0.416 e. The molecule has 8 nitrogen and oxygen atoms in total. The molecule has 1 aromatic carbocycles. The molecule has 0 fully saturated rings. The Morgan fingerprint density at radius 3 is 2.33 bits per heavy atom. The van der Waals surface area contributed by atoms with Crippen LogP contribution in [0.4, 0.5) is 13.2 Å². The molecule has 0 saturated carbocycles. The summed E-state index contributed by atoms with van der Waals surface area (Å²) in [4.78, 5) is 44.9. The molecule has 0 bridgehead atoms. The van der Waals surface area contributed by atoms with Crippen LogP contribution in [0, 0.1) is 0 Å². The number of hydrogen-bond donors (Lipinski definition) is 5. The Morgan fingerprint density at radius 1 is 1.21 bits per heavy atom. The van der Waals surface area contributed by atoms with Gasteiger partial charge in [0.1, 0.15) is 5.78 Å². The maximum atomic E-state index is 13.0. The van der Waals surface area contributed by atoms with Crippen molar-refractivity contribution < 1.29 is 27.5 Å². The van der Waals surface area contributed by atoms with Gasteiger partial charge in [0.15, 0.2) is 0 Å². The first-order chi connectivity index (χ1) is 10.9. The smallest absolute Gasteiger partial charge is 0.323 e. The molecule has 0 amide bonds. The first-order valence-electron chi connectivity index (χ1n) is 6.54. The normalized spacial score (nSPS) is 14.1. The topological polar surface area (TPSA) is 135 Å². The van der Waals surface area contributed by atoms with Gasteiger partial charge in [0.2, 0.25) is 0 Å². The van der Waals surface area contributed by atoms with Gasteiger partial charge < -0.3 is 19.8 Å². The summed E-state index contributed by atoms with van der Waals surface area (Å²) in [5.74, 6) is -1.31. The first-order valence-corrected chi connectivity index (χ1v) is 8.23. The Labute approximate surface area is 131 Å². The summed E-state index contributed by atoms with van der Waals surface area (Å²) in [7, 11) is -4.48. The van der Waals surface area contributed by atoms with Crippen molar-refractivity contribution in [1.82, 2.24) is 15.3 Å². The van der Waals surface area contributed by atoms with Gasteiger partial charge in [0, 0.05) is 6.54 Å². The average molecular weight is 367 g/mol. The molecule has 5 N–H and O–H groups in total. The van der Waals surface area contributed by atoms with Gasteiger partial charge in [-0.1, -0.05) is 0 Å². The Hall–Kier alpha value is -1.94. The number of H-pyrrole nitrogens is 2. The fourth-order valence-corrected chi connectivity index (χ4v) is 2.31. The summed E-state index contributed by atoms with van der Waals surface area (Å²) in [5, 5.41) is 2.40. The van der Waals surface area contributed by atoms with Gasteiger partial charge in [0.25, 0.3) is 0 Å². The maximum absolute atomic E-state index is 13.0. The molecule has 2 rings (SSSR count). The van der Waals surface area contributed by atoms with Crippen LogP contribution in [-0.4, -0.2) is 25.5 Å². The molecule has 1 heterocycles. The van der Waals surface area contributed by atoms with E-state index in [0.29, 0.717) is 6.07 Å². The molecule has 0 unspecified atom stereocenters. The van der Waals surface area contributed by atoms with Crippen molar-refractivity contribution in [1.29, 1.82) is 0 Å². The van der Waals surface area contributed by atoms with Crippen molar-refractivity contribution >= 4 is 18.6 Å². The van der Waals surface area contributed by atoms with Crippen LogP contribution in [0.2, 0.25) is 0 Å². The van der Waals surface area contributed by atoms with Crippen LogP contribution in [0.15, 0.2) is 21.7 Å². The van der Waals surface area contributed by atoms with Gasteiger partial charge in [-0.3, -0.25) is 19.5 Å². The van der Waals surface area contributed by atoms with Crippen LogP contribution >= 0.6 is 7.60 Å². The van der Waals surface area contributed by atoms with Crippen LogP contribution in [0.25, 0.3) is 11.0 Å². The van der Waals surface area contributed by atoms with Gasteiger partial charge in [-0.25, -0.2) is 0 Å². The summed E-state index contributed by atoms with van der Waals surface area (Å²) in [6.45, 7) is 0.801. The average Bonchev–Trinajstić information content (AvgIpc) is 2.43. The Morgan fingerprint density at radius 2 is 1.79 bits per heavy atom. The molecule has 1 aromatic heterocycles. The summed E-state index contributed by atoms with van der Waals surface area (Å²) in [5.41, 5.74) is -3.60. The number of hydrogen-bond acceptors (Lipinski definition) is 4. The predicted molar refractivity (Wildman–Crippen MR) is 78.5 cm³/mol. The van der Waals surface area contributed by atoms with Crippen LogP contribution in [0.5, 0.6) is 0 Å². The first kappa shape index (κ1) is 18.4. The van der Waals surface area contributed by atoms with Crippen molar-refractivity contribution in [3.8, 4) is 0 Å². The fourth-order valence-electron chi connectivity index (χ4n) is 1.98. The number of benzene rings is 1. The van der Waals surface area contributed by atoms with Gasteiger partial charge >= 0.3 is 24.9 Å². The Balaban J connectivity index is 2.57. The van der Waals surface area contributed by atoms with Gasteiger partial charge in [-0.15, -0.1) is 0 Å². The minimum atomic E-state index is -4.70. The number of nitrogens with one attached hydrogen (secondary N) is 3. The summed E-state index contributed by atoms with van der Waals surface area (Å²) in [6, 6.07) is 1.40. The highest BCUT2D eigenvalue weighted by Crippen LogP contribution is 2.39. The summed E-state index contributed by atoms with van der Waals surface area (Å²) in [6.07, 6.45) is -4.70. The summed E-state index contributed by atoms with van der Waals surface area (Å²) < 4.78 is 50.0. The lowest BCUT2D eigenvalue weighted by Gasteiger charge is -2.17. The standard InChI is InChI=1S/C12H13F3N3O5P/c1-5(24(21,22)23)16-4-6-2-7(12(13,14)15)3-8-9(6)18-11(20)10(19)17-8/h2-3,5,16H,4H2,1H3,(H,17,19)(H,18,20)(H2,21,22,23)/t5-/m1/s1. The van der Waals surface area contributed by atoms with E-state index in [1.54, 1.807) is 0 Å². The second kappa shape index (κ2) is 6.17. The number of fused-ring (bicyclic) bond motifs is 1. The highest BCUT2D eigenvalue weighted by atomic mass is 31.2. The Kier molecular flexibility index (Phi) is 4.73. The molecule has 2 aromatic rings. The molecular formula is C12H13F3N3O5P. The van der Waals surface area contributed by atoms with Crippen molar-refractivity contribution in [2.45, 2.75) is 25.4 Å². The van der Waals surface area contributed by atoms with E-state index < -0.39 is 36.2 Å². The molecule has 0 saturated heterocycles. The molecular weight excluding hydrogens is 354 g/mol. The number of aromatic amines is 2. The molecule has 132 valence electrons. The van der Waals surface area contributed by atoms with Crippen molar-refractivity contribution in [3.63, 3.8) is 0 Å². The Bertz CT molecular complexity index is 930. The molecule has 0 aliphatic carbocycles. The van der Waals surface area contributed by atoms with Gasteiger partial charge in [0.05, 0.1) is 16.6 Å². The zero-order valence-corrected chi connectivity index (χ0v) is 13.0. The molecule has 0 spiro atoms. The van der Waals surface area contributed by atoms with Gasteiger partial charge in [-0.05, 0) is 24.6 Å².